The Labute approximate surface area is 139 Å². The van der Waals surface area contributed by atoms with Crippen LogP contribution in [-0.4, -0.2) is 17.6 Å². The van der Waals surface area contributed by atoms with Gasteiger partial charge in [0.05, 0.1) is 11.6 Å². The fourth-order valence-electron chi connectivity index (χ4n) is 1.81. The van der Waals surface area contributed by atoms with Crippen molar-refractivity contribution in [2.75, 3.05) is 11.9 Å². The normalized spacial score (nSPS) is 9.57. The highest BCUT2D eigenvalue weighted by Crippen LogP contribution is 2.15. The standard InChI is InChI=1S/C17H15N3O2S/c1-12-4-2-3-5-15(12)22-11-16(21)20-17(23)19-14-8-6-13(10-18)7-9-14/h2-9H,11H2,1H3,(H2,19,20,21,23). The minimum absolute atomic E-state index is 0.125. The molecule has 0 heterocycles. The summed E-state index contributed by atoms with van der Waals surface area (Å²) in [6.45, 7) is 1.78. The van der Waals surface area contributed by atoms with Crippen molar-refractivity contribution in [3.05, 3.63) is 59.7 Å². The molecule has 116 valence electrons. The van der Waals surface area contributed by atoms with E-state index >= 15 is 0 Å². The van der Waals surface area contributed by atoms with Gasteiger partial charge in [-0.15, -0.1) is 0 Å². The van der Waals surface area contributed by atoms with E-state index in [4.69, 9.17) is 22.2 Å². The number of hydrogen-bond acceptors (Lipinski definition) is 4. The summed E-state index contributed by atoms with van der Waals surface area (Å²) in [6, 6.07) is 16.2. The number of para-hydroxylation sites is 1. The van der Waals surface area contributed by atoms with E-state index in [1.165, 1.54) is 0 Å². The number of amides is 1. The lowest BCUT2D eigenvalue weighted by atomic mass is 10.2. The van der Waals surface area contributed by atoms with Gasteiger partial charge < -0.3 is 10.1 Å². The number of carbonyl (C=O) groups excluding carboxylic acids is 1. The van der Waals surface area contributed by atoms with Crippen LogP contribution < -0.4 is 15.4 Å². The van der Waals surface area contributed by atoms with Crippen molar-refractivity contribution < 1.29 is 9.53 Å². The number of hydrogen-bond donors (Lipinski definition) is 2. The largest absolute Gasteiger partial charge is 0.483 e. The van der Waals surface area contributed by atoms with E-state index in [2.05, 4.69) is 10.6 Å². The number of thiocarbonyl (C=S) groups is 1. The second-order valence-corrected chi connectivity index (χ2v) is 5.15. The second kappa shape index (κ2) is 7.92. The predicted molar refractivity (Wildman–Crippen MR) is 92.2 cm³/mol. The number of rotatable bonds is 4. The SMILES string of the molecule is Cc1ccccc1OCC(=O)NC(=S)Nc1ccc(C#N)cc1. The summed E-state index contributed by atoms with van der Waals surface area (Å²) in [7, 11) is 0. The molecule has 2 aromatic carbocycles. The van der Waals surface area contributed by atoms with E-state index in [0.29, 0.717) is 17.0 Å². The molecule has 2 N–H and O–H groups in total. The second-order valence-electron chi connectivity index (χ2n) is 4.75. The van der Waals surface area contributed by atoms with Gasteiger partial charge in [-0.1, -0.05) is 18.2 Å². The first-order valence-corrected chi connectivity index (χ1v) is 7.29. The quantitative estimate of drug-likeness (QED) is 0.846. The van der Waals surface area contributed by atoms with Crippen molar-refractivity contribution >= 4 is 28.9 Å². The number of carbonyl (C=O) groups is 1. The lowest BCUT2D eigenvalue weighted by Gasteiger charge is -2.11. The number of nitriles is 1. The van der Waals surface area contributed by atoms with E-state index in [0.717, 1.165) is 5.56 Å². The Hall–Kier alpha value is -2.91. The smallest absolute Gasteiger partial charge is 0.264 e. The van der Waals surface area contributed by atoms with E-state index in [1.54, 1.807) is 30.3 Å². The van der Waals surface area contributed by atoms with Crippen LogP contribution in [0.15, 0.2) is 48.5 Å². The van der Waals surface area contributed by atoms with Crippen LogP contribution in [0.4, 0.5) is 5.69 Å². The Bertz CT molecular complexity index is 751. The average molecular weight is 325 g/mol. The van der Waals surface area contributed by atoms with Crippen LogP contribution in [0.1, 0.15) is 11.1 Å². The summed E-state index contributed by atoms with van der Waals surface area (Å²) < 4.78 is 5.44. The minimum Gasteiger partial charge on any atom is -0.483 e. The van der Waals surface area contributed by atoms with Crippen LogP contribution in [0.5, 0.6) is 5.75 Å². The van der Waals surface area contributed by atoms with E-state index in [-0.39, 0.29) is 17.6 Å². The number of benzene rings is 2. The van der Waals surface area contributed by atoms with Gasteiger partial charge in [-0.2, -0.15) is 5.26 Å². The van der Waals surface area contributed by atoms with Gasteiger partial charge in [-0.05, 0) is 55.0 Å². The molecule has 23 heavy (non-hydrogen) atoms. The van der Waals surface area contributed by atoms with Crippen molar-refractivity contribution in [3.8, 4) is 11.8 Å². The Kier molecular flexibility index (Phi) is 5.67. The molecule has 0 aliphatic carbocycles. The van der Waals surface area contributed by atoms with Crippen molar-refractivity contribution in [1.29, 1.82) is 5.26 Å². The molecular weight excluding hydrogens is 310 g/mol. The monoisotopic (exact) mass is 325 g/mol. The molecule has 6 heteroatoms. The molecule has 0 radical (unpaired) electrons. The zero-order valence-electron chi connectivity index (χ0n) is 12.5. The summed E-state index contributed by atoms with van der Waals surface area (Å²) in [4.78, 5) is 11.8. The maximum absolute atomic E-state index is 11.8. The number of anilines is 1. The van der Waals surface area contributed by atoms with Crippen LogP contribution in [-0.2, 0) is 4.79 Å². The number of nitrogens with one attached hydrogen (secondary N) is 2. The lowest BCUT2D eigenvalue weighted by Crippen LogP contribution is -2.37. The van der Waals surface area contributed by atoms with Gasteiger partial charge in [0, 0.05) is 5.69 Å². The summed E-state index contributed by atoms with van der Waals surface area (Å²) in [5.41, 5.74) is 2.20. The van der Waals surface area contributed by atoms with Gasteiger partial charge in [-0.3, -0.25) is 10.1 Å². The fraction of sp³-hybridized carbons (Fsp3) is 0.118. The van der Waals surface area contributed by atoms with Crippen molar-refractivity contribution in [1.82, 2.24) is 5.32 Å². The lowest BCUT2D eigenvalue weighted by molar-refractivity contribution is -0.121. The molecule has 2 rings (SSSR count). The molecule has 0 aromatic heterocycles. The van der Waals surface area contributed by atoms with Crippen molar-refractivity contribution in [2.45, 2.75) is 6.92 Å². The molecule has 1 amide bonds. The molecule has 0 aliphatic rings. The van der Waals surface area contributed by atoms with Crippen LogP contribution in [0, 0.1) is 18.3 Å². The van der Waals surface area contributed by atoms with E-state index in [1.807, 2.05) is 31.2 Å². The van der Waals surface area contributed by atoms with Gasteiger partial charge in [0.25, 0.3) is 5.91 Å². The van der Waals surface area contributed by atoms with E-state index in [9.17, 15) is 4.79 Å². The van der Waals surface area contributed by atoms with E-state index < -0.39 is 0 Å². The molecule has 0 unspecified atom stereocenters. The van der Waals surface area contributed by atoms with Crippen LogP contribution in [0.2, 0.25) is 0 Å². The molecular formula is C17H15N3O2S. The van der Waals surface area contributed by atoms with Crippen LogP contribution in [0.3, 0.4) is 0 Å². The topological polar surface area (TPSA) is 74.2 Å². The third-order valence-electron chi connectivity index (χ3n) is 2.98. The predicted octanol–water partition coefficient (Wildman–Crippen LogP) is 2.76. The molecule has 0 saturated heterocycles. The van der Waals surface area contributed by atoms with Gasteiger partial charge in [0.1, 0.15) is 5.75 Å². The number of nitrogens with zero attached hydrogens (tertiary/aromatic N) is 1. The molecule has 0 fully saturated rings. The zero-order chi connectivity index (χ0) is 16.7. The first-order valence-electron chi connectivity index (χ1n) is 6.88. The third-order valence-corrected chi connectivity index (χ3v) is 3.18. The third kappa shape index (κ3) is 5.09. The van der Waals surface area contributed by atoms with Crippen molar-refractivity contribution in [2.24, 2.45) is 0 Å². The maximum atomic E-state index is 11.8. The Morgan fingerprint density at radius 3 is 2.57 bits per heavy atom. The molecule has 0 bridgehead atoms. The minimum atomic E-state index is -0.348. The highest BCUT2D eigenvalue weighted by atomic mass is 32.1. The van der Waals surface area contributed by atoms with Crippen LogP contribution in [0.25, 0.3) is 0 Å². The number of ether oxygens (including phenoxy) is 1. The molecule has 0 aliphatic heterocycles. The molecule has 2 aromatic rings. The average Bonchev–Trinajstić information content (AvgIpc) is 2.54. The summed E-state index contributed by atoms with van der Waals surface area (Å²) in [5, 5.41) is 14.3. The molecule has 0 spiro atoms. The maximum Gasteiger partial charge on any atom is 0.264 e. The van der Waals surface area contributed by atoms with Gasteiger partial charge >= 0.3 is 0 Å². The molecule has 0 atom stereocenters. The Morgan fingerprint density at radius 1 is 1.22 bits per heavy atom. The fourth-order valence-corrected chi connectivity index (χ4v) is 2.05. The Morgan fingerprint density at radius 2 is 1.91 bits per heavy atom. The van der Waals surface area contributed by atoms with Gasteiger partial charge in [0.15, 0.2) is 11.7 Å². The first kappa shape index (κ1) is 16.5. The summed E-state index contributed by atoms with van der Waals surface area (Å²) >= 11 is 5.07. The van der Waals surface area contributed by atoms with Gasteiger partial charge in [-0.25, -0.2) is 0 Å². The van der Waals surface area contributed by atoms with Gasteiger partial charge in [0.2, 0.25) is 0 Å². The highest BCUT2D eigenvalue weighted by Gasteiger charge is 2.07. The summed E-state index contributed by atoms with van der Waals surface area (Å²) in [6.07, 6.45) is 0. The molecule has 0 saturated carbocycles. The first-order chi connectivity index (χ1) is 11.1. The highest BCUT2D eigenvalue weighted by molar-refractivity contribution is 7.80. The van der Waals surface area contributed by atoms with Crippen molar-refractivity contribution in [3.63, 3.8) is 0 Å². The van der Waals surface area contributed by atoms with Crippen LogP contribution >= 0.6 is 12.2 Å². The zero-order valence-corrected chi connectivity index (χ0v) is 13.3. The number of aryl methyl sites for hydroxylation is 1. The summed E-state index contributed by atoms with van der Waals surface area (Å²) in [5.74, 6) is 0.313. The Balaban J connectivity index is 1.81. The molecule has 5 nitrogen and oxygen atoms in total.